The fraction of sp³-hybridized carbons (Fsp3) is 0.304. The molecule has 0 saturated heterocycles. The summed E-state index contributed by atoms with van der Waals surface area (Å²) < 4.78 is 5.91. The van der Waals surface area contributed by atoms with Gasteiger partial charge in [0.05, 0.1) is 24.4 Å². The summed E-state index contributed by atoms with van der Waals surface area (Å²) in [6.07, 6.45) is 4.98. The van der Waals surface area contributed by atoms with E-state index in [2.05, 4.69) is 15.6 Å². The topological polar surface area (TPSA) is 90.6 Å². The van der Waals surface area contributed by atoms with E-state index in [-0.39, 0.29) is 12.5 Å². The largest absolute Gasteiger partial charge is 0.459 e. The Morgan fingerprint density at radius 1 is 1.40 bits per heavy atom. The minimum atomic E-state index is -0.447. The monoisotopic (exact) mass is 406 g/mol. The lowest BCUT2D eigenvalue weighted by molar-refractivity contribution is -0.125. The molecule has 0 fully saturated rings. The van der Waals surface area contributed by atoms with Gasteiger partial charge in [-0.15, -0.1) is 0 Å². The normalized spacial score (nSPS) is 18.1. The molecule has 0 saturated carbocycles. The number of aromatic nitrogens is 1. The number of anilines is 2. The van der Waals surface area contributed by atoms with Gasteiger partial charge in [0.2, 0.25) is 5.91 Å². The molecule has 1 aliphatic heterocycles. The number of aryl methyl sites for hydroxylation is 1. The van der Waals surface area contributed by atoms with Crippen molar-refractivity contribution < 1.29 is 14.3 Å². The zero-order valence-corrected chi connectivity index (χ0v) is 17.4. The van der Waals surface area contributed by atoms with Crippen molar-refractivity contribution in [1.82, 2.24) is 9.88 Å². The molecule has 1 amide bonds. The van der Waals surface area contributed by atoms with Crippen LogP contribution in [0.2, 0.25) is 0 Å². The molecule has 3 N–H and O–H groups in total. The molecule has 1 atom stereocenters. The number of amides is 1. The average Bonchev–Trinajstić information content (AvgIpc) is 3.07. The average molecular weight is 406 g/mol. The van der Waals surface area contributed by atoms with Crippen molar-refractivity contribution in [2.45, 2.75) is 25.9 Å². The number of aliphatic hydroxyl groups is 1. The van der Waals surface area contributed by atoms with Crippen molar-refractivity contribution in [1.29, 1.82) is 0 Å². The van der Waals surface area contributed by atoms with Gasteiger partial charge >= 0.3 is 0 Å². The van der Waals surface area contributed by atoms with Crippen LogP contribution in [0, 0.1) is 6.92 Å². The number of para-hydroxylation sites is 1. The number of benzene rings is 1. The Balaban J connectivity index is 1.45. The van der Waals surface area contributed by atoms with Crippen LogP contribution < -0.4 is 10.6 Å². The van der Waals surface area contributed by atoms with Crippen LogP contribution in [0.1, 0.15) is 23.8 Å². The van der Waals surface area contributed by atoms with Gasteiger partial charge in [-0.1, -0.05) is 18.2 Å². The Bertz CT molecular complexity index is 1120. The van der Waals surface area contributed by atoms with E-state index < -0.39 is 5.54 Å². The Morgan fingerprint density at radius 3 is 2.97 bits per heavy atom. The van der Waals surface area contributed by atoms with Crippen molar-refractivity contribution in [2.75, 3.05) is 30.8 Å². The smallest absolute Gasteiger partial charge is 0.246 e. The number of hydrogen-bond acceptors (Lipinski definition) is 6. The van der Waals surface area contributed by atoms with Gasteiger partial charge in [-0.3, -0.25) is 4.79 Å². The molecule has 3 aromatic rings. The first-order chi connectivity index (χ1) is 14.4. The van der Waals surface area contributed by atoms with Crippen LogP contribution in [0.4, 0.5) is 11.5 Å². The van der Waals surface area contributed by atoms with Crippen LogP contribution in [-0.4, -0.2) is 46.6 Å². The van der Waals surface area contributed by atoms with Gasteiger partial charge in [0.1, 0.15) is 17.2 Å². The van der Waals surface area contributed by atoms with E-state index in [1.807, 2.05) is 44.2 Å². The van der Waals surface area contributed by atoms with Gasteiger partial charge in [-0.05, 0) is 37.6 Å². The minimum absolute atomic E-state index is 0.00396. The van der Waals surface area contributed by atoms with Crippen LogP contribution in [-0.2, 0) is 11.3 Å². The quantitative estimate of drug-likeness (QED) is 0.563. The molecule has 1 aromatic carbocycles. The van der Waals surface area contributed by atoms with Gasteiger partial charge in [-0.25, -0.2) is 4.98 Å². The summed E-state index contributed by atoms with van der Waals surface area (Å²) in [5, 5.41) is 17.2. The number of carbonyl (C=O) groups is 1. The number of aliphatic hydroxyl groups excluding tert-OH is 1. The molecule has 0 spiro atoms. The zero-order chi connectivity index (χ0) is 21.3. The van der Waals surface area contributed by atoms with Crippen LogP contribution in [0.15, 0.2) is 47.0 Å². The summed E-state index contributed by atoms with van der Waals surface area (Å²) in [6.45, 7) is 4.93. The van der Waals surface area contributed by atoms with Gasteiger partial charge in [-0.2, -0.15) is 0 Å². The summed E-state index contributed by atoms with van der Waals surface area (Å²) in [5.74, 6) is 1.40. The fourth-order valence-corrected chi connectivity index (χ4v) is 3.52. The number of fused-ring (bicyclic) bond motifs is 2. The van der Waals surface area contributed by atoms with Gasteiger partial charge in [0.25, 0.3) is 0 Å². The summed E-state index contributed by atoms with van der Waals surface area (Å²) in [4.78, 5) is 18.6. The highest BCUT2D eigenvalue weighted by molar-refractivity contribution is 5.92. The predicted molar refractivity (Wildman–Crippen MR) is 118 cm³/mol. The van der Waals surface area contributed by atoms with Crippen LogP contribution in [0.25, 0.3) is 17.0 Å². The molecular formula is C23H26N4O3. The van der Waals surface area contributed by atoms with Gasteiger partial charge in [0.15, 0.2) is 0 Å². The molecule has 2 aromatic heterocycles. The van der Waals surface area contributed by atoms with Crippen LogP contribution in [0.3, 0.4) is 0 Å². The lowest BCUT2D eigenvalue weighted by atomic mass is 10.0. The minimum Gasteiger partial charge on any atom is -0.459 e. The van der Waals surface area contributed by atoms with Crippen molar-refractivity contribution in [3.05, 3.63) is 59.5 Å². The maximum absolute atomic E-state index is 12.6. The van der Waals surface area contributed by atoms with Crippen molar-refractivity contribution in [2.24, 2.45) is 0 Å². The summed E-state index contributed by atoms with van der Waals surface area (Å²) in [7, 11) is 1.75. The third-order valence-electron chi connectivity index (χ3n) is 5.46. The molecule has 4 rings (SSSR count). The lowest BCUT2D eigenvalue weighted by Crippen LogP contribution is -2.48. The lowest BCUT2D eigenvalue weighted by Gasteiger charge is -2.35. The van der Waals surface area contributed by atoms with Gasteiger partial charge in [0, 0.05) is 36.8 Å². The molecule has 0 aliphatic carbocycles. The number of nitrogens with one attached hydrogen (secondary N) is 2. The van der Waals surface area contributed by atoms with E-state index in [4.69, 9.17) is 4.42 Å². The van der Waals surface area contributed by atoms with Crippen LogP contribution in [0.5, 0.6) is 0 Å². The molecule has 30 heavy (non-hydrogen) atoms. The Morgan fingerprint density at radius 2 is 2.20 bits per heavy atom. The van der Waals surface area contributed by atoms with E-state index >= 15 is 0 Å². The van der Waals surface area contributed by atoms with Gasteiger partial charge < -0.3 is 25.1 Å². The third kappa shape index (κ3) is 3.89. The second-order valence-electron chi connectivity index (χ2n) is 8.04. The molecule has 7 heteroatoms. The Hall–Kier alpha value is -3.32. The Labute approximate surface area is 175 Å². The highest BCUT2D eigenvalue weighted by Gasteiger charge is 2.28. The highest BCUT2D eigenvalue weighted by Crippen LogP contribution is 2.29. The summed E-state index contributed by atoms with van der Waals surface area (Å²) >= 11 is 0. The van der Waals surface area contributed by atoms with Crippen LogP contribution >= 0.6 is 0 Å². The highest BCUT2D eigenvalue weighted by atomic mass is 16.3. The number of likely N-dealkylation sites (N-methyl/N-ethyl adjacent to an activating group) is 1. The molecule has 0 radical (unpaired) electrons. The fourth-order valence-electron chi connectivity index (χ4n) is 3.52. The molecule has 0 unspecified atom stereocenters. The number of pyridine rings is 1. The first kappa shape index (κ1) is 20.0. The number of furan rings is 1. The van der Waals surface area contributed by atoms with Crippen molar-refractivity contribution >= 4 is 34.5 Å². The molecule has 0 bridgehead atoms. The first-order valence-corrected chi connectivity index (χ1v) is 9.92. The van der Waals surface area contributed by atoms with E-state index in [0.717, 1.165) is 39.4 Å². The maximum Gasteiger partial charge on any atom is 0.246 e. The second kappa shape index (κ2) is 7.84. The third-order valence-corrected chi connectivity index (χ3v) is 5.46. The summed E-state index contributed by atoms with van der Waals surface area (Å²) in [6, 6.07) is 9.78. The predicted octanol–water partition coefficient (Wildman–Crippen LogP) is 3.40. The number of carbonyl (C=O) groups excluding carboxylic acids is 1. The Kier molecular flexibility index (Phi) is 5.22. The molecule has 3 heterocycles. The number of rotatable bonds is 5. The SMILES string of the molecule is Cc1c(CN(C)C(=O)/C=C/c2cnc3c(c2)N[C@@](C)(CO)CN3)oc2ccccc12. The molecule has 156 valence electrons. The van der Waals surface area contributed by atoms with E-state index in [1.165, 1.54) is 6.08 Å². The van der Waals surface area contributed by atoms with E-state index in [9.17, 15) is 9.90 Å². The zero-order valence-electron chi connectivity index (χ0n) is 17.4. The number of hydrogen-bond donors (Lipinski definition) is 3. The molecule has 1 aliphatic rings. The van der Waals surface area contributed by atoms with E-state index in [1.54, 1.807) is 24.2 Å². The molecular weight excluding hydrogens is 380 g/mol. The van der Waals surface area contributed by atoms with Crippen molar-refractivity contribution in [3.63, 3.8) is 0 Å². The summed E-state index contributed by atoms with van der Waals surface area (Å²) in [5.41, 5.74) is 3.04. The first-order valence-electron chi connectivity index (χ1n) is 9.92. The van der Waals surface area contributed by atoms with Crippen molar-refractivity contribution in [3.8, 4) is 0 Å². The van der Waals surface area contributed by atoms with E-state index in [0.29, 0.717) is 13.1 Å². The number of nitrogens with zero attached hydrogens (tertiary/aromatic N) is 2. The maximum atomic E-state index is 12.6. The molecule has 7 nitrogen and oxygen atoms in total. The standard InChI is InChI=1S/C23H26N4O3/c1-15-17-6-4-5-7-19(17)30-20(15)12-27(3)21(29)9-8-16-10-18-22(24-11-16)25-13-23(2,14-28)26-18/h4-11,26,28H,12-14H2,1-3H3,(H,24,25)/b9-8+/t23-/m1/s1. The second-order valence-corrected chi connectivity index (χ2v) is 8.04.